The number of carbonyl (C=O) groups is 1. The van der Waals surface area contributed by atoms with Gasteiger partial charge in [-0.3, -0.25) is 4.79 Å². The lowest BCUT2D eigenvalue weighted by Gasteiger charge is -2.14. The number of hydrogen-bond acceptors (Lipinski definition) is 4. The van der Waals surface area contributed by atoms with Crippen molar-refractivity contribution >= 4 is 37.2 Å². The van der Waals surface area contributed by atoms with Crippen LogP contribution in [0.2, 0.25) is 0 Å². The summed E-state index contributed by atoms with van der Waals surface area (Å²) in [6, 6.07) is 15.1. The van der Waals surface area contributed by atoms with Gasteiger partial charge in [0.2, 0.25) is 5.91 Å². The second kappa shape index (κ2) is 8.23. The fraction of sp³-hybridized carbons (Fsp3) is 0.286. The van der Waals surface area contributed by atoms with Crippen LogP contribution in [0.5, 0.6) is 0 Å². The lowest BCUT2D eigenvalue weighted by molar-refractivity contribution is -0.121. The normalized spacial score (nSPS) is 12.8. The minimum Gasteiger partial charge on any atom is -0.353 e. The van der Waals surface area contributed by atoms with E-state index in [0.717, 1.165) is 12.0 Å². The molecule has 27 heavy (non-hydrogen) atoms. The first-order valence-electron chi connectivity index (χ1n) is 8.86. The quantitative estimate of drug-likeness (QED) is 0.651. The summed E-state index contributed by atoms with van der Waals surface area (Å²) in [6.07, 6.45) is 2.96. The molecule has 3 rings (SSSR count). The third-order valence-electron chi connectivity index (χ3n) is 4.49. The van der Waals surface area contributed by atoms with Gasteiger partial charge in [-0.1, -0.05) is 30.3 Å². The van der Waals surface area contributed by atoms with E-state index in [-0.39, 0.29) is 11.9 Å². The summed E-state index contributed by atoms with van der Waals surface area (Å²) in [7, 11) is -3.19. The first-order valence-corrected chi connectivity index (χ1v) is 11.6. The van der Waals surface area contributed by atoms with Gasteiger partial charge in [0.05, 0.1) is 4.90 Å². The fourth-order valence-electron chi connectivity index (χ4n) is 3.08. The first-order chi connectivity index (χ1) is 12.8. The number of amides is 1. The molecule has 0 fully saturated rings. The van der Waals surface area contributed by atoms with Crippen molar-refractivity contribution in [1.29, 1.82) is 0 Å². The van der Waals surface area contributed by atoms with Gasteiger partial charge in [-0.25, -0.2) is 8.42 Å². The molecule has 0 aliphatic heterocycles. The molecule has 1 N–H and O–H groups in total. The zero-order chi connectivity index (χ0) is 19.4. The highest BCUT2D eigenvalue weighted by Crippen LogP contribution is 2.26. The monoisotopic (exact) mass is 401 g/mol. The third kappa shape index (κ3) is 5.17. The SMILES string of the molecule is C[C@H](Cc1csc2ccccc12)NC(=O)CCc1ccc(S(C)(=O)=O)cc1. The van der Waals surface area contributed by atoms with Gasteiger partial charge in [-0.15, -0.1) is 11.3 Å². The molecular formula is C21H23NO3S2. The molecule has 142 valence electrons. The number of aryl methyl sites for hydroxylation is 1. The lowest BCUT2D eigenvalue weighted by atomic mass is 10.1. The van der Waals surface area contributed by atoms with E-state index in [2.05, 4.69) is 22.8 Å². The van der Waals surface area contributed by atoms with Crippen LogP contribution in [0.4, 0.5) is 0 Å². The van der Waals surface area contributed by atoms with Crippen molar-refractivity contribution in [2.75, 3.05) is 6.26 Å². The molecule has 2 aromatic carbocycles. The summed E-state index contributed by atoms with van der Waals surface area (Å²) in [5, 5.41) is 6.48. The number of nitrogens with one attached hydrogen (secondary N) is 1. The number of thiophene rings is 1. The van der Waals surface area contributed by atoms with Crippen LogP contribution < -0.4 is 5.32 Å². The molecule has 1 atom stereocenters. The second-order valence-corrected chi connectivity index (χ2v) is 9.77. The Hall–Kier alpha value is -2.18. The van der Waals surface area contributed by atoms with Crippen LogP contribution in [0, 0.1) is 0 Å². The van der Waals surface area contributed by atoms with E-state index in [1.807, 2.05) is 19.1 Å². The van der Waals surface area contributed by atoms with Crippen molar-refractivity contribution in [3.63, 3.8) is 0 Å². The average molecular weight is 402 g/mol. The molecule has 0 aliphatic rings. The van der Waals surface area contributed by atoms with E-state index in [1.165, 1.54) is 21.9 Å². The van der Waals surface area contributed by atoms with Gasteiger partial charge in [0.1, 0.15) is 0 Å². The molecule has 1 heterocycles. The van der Waals surface area contributed by atoms with Gasteiger partial charge < -0.3 is 5.32 Å². The van der Waals surface area contributed by atoms with Gasteiger partial charge in [0, 0.05) is 23.4 Å². The molecule has 0 unspecified atom stereocenters. The highest BCUT2D eigenvalue weighted by molar-refractivity contribution is 7.90. The van der Waals surface area contributed by atoms with Crippen LogP contribution in [0.1, 0.15) is 24.5 Å². The maximum Gasteiger partial charge on any atom is 0.220 e. The molecule has 0 spiro atoms. The van der Waals surface area contributed by atoms with E-state index in [4.69, 9.17) is 0 Å². The molecule has 1 aromatic heterocycles. The molecule has 0 aliphatic carbocycles. The van der Waals surface area contributed by atoms with Crippen LogP contribution in [0.15, 0.2) is 58.8 Å². The zero-order valence-corrected chi connectivity index (χ0v) is 17.1. The average Bonchev–Trinajstić information content (AvgIpc) is 3.02. The van der Waals surface area contributed by atoms with Crippen LogP contribution in [-0.2, 0) is 27.5 Å². The van der Waals surface area contributed by atoms with Crippen molar-refractivity contribution in [2.24, 2.45) is 0 Å². The van der Waals surface area contributed by atoms with Crippen LogP contribution in [0.25, 0.3) is 10.1 Å². The standard InChI is InChI=1S/C21H23NO3S2/c1-15(13-17-14-26-20-6-4-3-5-19(17)20)22-21(23)12-9-16-7-10-18(11-8-16)27(2,24)25/h3-8,10-11,14-15H,9,12-13H2,1-2H3,(H,22,23)/t15-/m1/s1. The number of sulfone groups is 1. The Morgan fingerprint density at radius 2 is 1.81 bits per heavy atom. The van der Waals surface area contributed by atoms with E-state index in [1.54, 1.807) is 35.6 Å². The molecule has 1 amide bonds. The van der Waals surface area contributed by atoms with E-state index in [0.29, 0.717) is 17.7 Å². The smallest absolute Gasteiger partial charge is 0.220 e. The van der Waals surface area contributed by atoms with Gasteiger partial charge in [0.15, 0.2) is 9.84 Å². The van der Waals surface area contributed by atoms with Crippen molar-refractivity contribution in [2.45, 2.75) is 37.1 Å². The largest absolute Gasteiger partial charge is 0.353 e. The summed E-state index contributed by atoms with van der Waals surface area (Å²) in [6.45, 7) is 2.02. The van der Waals surface area contributed by atoms with Crippen LogP contribution in [0.3, 0.4) is 0 Å². The fourth-order valence-corrected chi connectivity index (χ4v) is 4.69. The topological polar surface area (TPSA) is 63.2 Å². The van der Waals surface area contributed by atoms with Gasteiger partial charge in [0.25, 0.3) is 0 Å². The van der Waals surface area contributed by atoms with Crippen LogP contribution >= 0.6 is 11.3 Å². The van der Waals surface area contributed by atoms with Crippen molar-refractivity contribution in [1.82, 2.24) is 5.32 Å². The number of rotatable bonds is 7. The predicted molar refractivity (Wildman–Crippen MR) is 111 cm³/mol. The molecular weight excluding hydrogens is 378 g/mol. The van der Waals surface area contributed by atoms with E-state index >= 15 is 0 Å². The third-order valence-corrected chi connectivity index (χ3v) is 6.63. The molecule has 0 radical (unpaired) electrons. The highest BCUT2D eigenvalue weighted by atomic mass is 32.2. The zero-order valence-electron chi connectivity index (χ0n) is 15.4. The van der Waals surface area contributed by atoms with Crippen molar-refractivity contribution < 1.29 is 13.2 Å². The molecule has 0 saturated carbocycles. The second-order valence-electron chi connectivity index (χ2n) is 6.85. The Balaban J connectivity index is 1.51. The van der Waals surface area contributed by atoms with Gasteiger partial charge in [-0.05, 0) is 59.9 Å². The Morgan fingerprint density at radius 1 is 1.11 bits per heavy atom. The van der Waals surface area contributed by atoms with Crippen molar-refractivity contribution in [3.05, 3.63) is 65.0 Å². The number of hydrogen-bond donors (Lipinski definition) is 1. The number of benzene rings is 2. The summed E-state index contributed by atoms with van der Waals surface area (Å²) in [4.78, 5) is 12.5. The molecule has 0 bridgehead atoms. The number of fused-ring (bicyclic) bond motifs is 1. The maximum absolute atomic E-state index is 12.2. The maximum atomic E-state index is 12.2. The van der Waals surface area contributed by atoms with Gasteiger partial charge >= 0.3 is 0 Å². The molecule has 6 heteroatoms. The Morgan fingerprint density at radius 3 is 2.52 bits per heavy atom. The molecule has 0 saturated heterocycles. The van der Waals surface area contributed by atoms with E-state index < -0.39 is 9.84 Å². The molecule has 3 aromatic rings. The summed E-state index contributed by atoms with van der Waals surface area (Å²) >= 11 is 1.73. The Labute approximate surface area is 164 Å². The molecule has 4 nitrogen and oxygen atoms in total. The summed E-state index contributed by atoms with van der Waals surface area (Å²) in [5.74, 6) is 0.00854. The highest BCUT2D eigenvalue weighted by Gasteiger charge is 2.12. The van der Waals surface area contributed by atoms with Crippen molar-refractivity contribution in [3.8, 4) is 0 Å². The number of carbonyl (C=O) groups excluding carboxylic acids is 1. The van der Waals surface area contributed by atoms with E-state index in [9.17, 15) is 13.2 Å². The summed E-state index contributed by atoms with van der Waals surface area (Å²) < 4.78 is 24.2. The van der Waals surface area contributed by atoms with Crippen LogP contribution in [-0.4, -0.2) is 26.6 Å². The minimum absolute atomic E-state index is 0.00854. The summed E-state index contributed by atoms with van der Waals surface area (Å²) in [5.41, 5.74) is 2.22. The Bertz CT molecular complexity index is 1040. The first kappa shape index (κ1) is 19.6. The Kier molecular flexibility index (Phi) is 5.97. The van der Waals surface area contributed by atoms with Gasteiger partial charge in [-0.2, -0.15) is 0 Å². The predicted octanol–water partition coefficient (Wildman–Crippen LogP) is 3.98. The minimum atomic E-state index is -3.19. The lowest BCUT2D eigenvalue weighted by Crippen LogP contribution is -2.34.